The van der Waals surface area contributed by atoms with Crippen LogP contribution in [0, 0.1) is 0 Å². The lowest BCUT2D eigenvalue weighted by Crippen LogP contribution is -2.38. The zero-order valence-electron chi connectivity index (χ0n) is 14.8. The summed E-state index contributed by atoms with van der Waals surface area (Å²) in [6, 6.07) is 14.3. The first-order valence-corrected chi connectivity index (χ1v) is 9.78. The number of nitrogens with zero attached hydrogens (tertiary/aromatic N) is 3. The van der Waals surface area contributed by atoms with Crippen LogP contribution in [0.1, 0.15) is 23.2 Å². The van der Waals surface area contributed by atoms with E-state index in [-0.39, 0.29) is 5.91 Å². The maximum atomic E-state index is 12.9. The Morgan fingerprint density at radius 3 is 2.81 bits per heavy atom. The number of nitrogens with one attached hydrogen (secondary N) is 1. The van der Waals surface area contributed by atoms with Crippen molar-refractivity contribution in [2.24, 2.45) is 0 Å². The summed E-state index contributed by atoms with van der Waals surface area (Å²) < 4.78 is 1.78. The smallest absolute Gasteiger partial charge is 0.255 e. The zero-order chi connectivity index (χ0) is 17.9. The molecule has 1 aliphatic heterocycles. The van der Waals surface area contributed by atoms with Gasteiger partial charge in [-0.15, -0.1) is 11.3 Å². The Morgan fingerprint density at radius 1 is 1.27 bits per heavy atom. The number of amides is 1. The Labute approximate surface area is 157 Å². The highest BCUT2D eigenvalue weighted by Crippen LogP contribution is 2.28. The highest BCUT2D eigenvalue weighted by atomic mass is 32.1. The molecule has 5 nitrogen and oxygen atoms in total. The van der Waals surface area contributed by atoms with Gasteiger partial charge in [0.25, 0.3) is 5.91 Å². The number of likely N-dealkylation sites (tertiary alicyclic amines) is 1. The van der Waals surface area contributed by atoms with Gasteiger partial charge in [-0.2, -0.15) is 5.10 Å². The molecule has 0 unspecified atom stereocenters. The Kier molecular flexibility index (Phi) is 4.86. The molecule has 0 bridgehead atoms. The van der Waals surface area contributed by atoms with E-state index < -0.39 is 0 Å². The van der Waals surface area contributed by atoms with Gasteiger partial charge in [-0.05, 0) is 50.0 Å². The number of para-hydroxylation sites is 1. The predicted octanol–water partition coefficient (Wildman–Crippen LogP) is 3.42. The van der Waals surface area contributed by atoms with Gasteiger partial charge in [0.05, 0.1) is 16.1 Å². The monoisotopic (exact) mass is 366 g/mol. The van der Waals surface area contributed by atoms with Crippen LogP contribution in [0.5, 0.6) is 0 Å². The summed E-state index contributed by atoms with van der Waals surface area (Å²) in [5, 5.41) is 9.81. The van der Waals surface area contributed by atoms with E-state index in [9.17, 15) is 4.79 Å². The largest absolute Gasteiger partial charge is 0.350 e. The fourth-order valence-electron chi connectivity index (χ4n) is 3.39. The molecular formula is C20H22N4OS. The lowest BCUT2D eigenvalue weighted by Gasteiger charge is -2.19. The lowest BCUT2D eigenvalue weighted by atomic mass is 10.2. The summed E-state index contributed by atoms with van der Waals surface area (Å²) in [5.41, 5.74) is 2.30. The summed E-state index contributed by atoms with van der Waals surface area (Å²) >= 11 is 1.60. The van der Waals surface area contributed by atoms with Crippen LogP contribution < -0.4 is 5.32 Å². The van der Waals surface area contributed by atoms with Crippen molar-refractivity contribution in [3.63, 3.8) is 0 Å². The molecule has 1 N–H and O–H groups in total. The maximum Gasteiger partial charge on any atom is 0.255 e. The van der Waals surface area contributed by atoms with Crippen molar-refractivity contribution in [1.82, 2.24) is 20.0 Å². The minimum Gasteiger partial charge on any atom is -0.350 e. The molecule has 1 aromatic carbocycles. The Balaban J connectivity index is 1.61. The highest BCUT2D eigenvalue weighted by molar-refractivity contribution is 7.13. The summed E-state index contributed by atoms with van der Waals surface area (Å²) in [7, 11) is 2.12. The van der Waals surface area contributed by atoms with Crippen molar-refractivity contribution in [2.75, 3.05) is 20.1 Å². The highest BCUT2D eigenvalue weighted by Gasteiger charge is 2.23. The number of hydrogen-bond donors (Lipinski definition) is 1. The molecule has 0 aliphatic carbocycles. The van der Waals surface area contributed by atoms with Crippen molar-refractivity contribution < 1.29 is 4.79 Å². The first kappa shape index (κ1) is 17.0. The van der Waals surface area contributed by atoms with Gasteiger partial charge in [0.2, 0.25) is 0 Å². The van der Waals surface area contributed by atoms with E-state index in [0.29, 0.717) is 18.2 Å². The van der Waals surface area contributed by atoms with Crippen LogP contribution in [-0.4, -0.2) is 46.8 Å². The SMILES string of the molecule is CN1CCC[C@H]1CNC(=O)c1cn(-c2ccccc2)nc1-c1cccs1. The molecule has 3 aromatic rings. The molecule has 1 atom stereocenters. The minimum atomic E-state index is -0.0594. The van der Waals surface area contributed by atoms with E-state index >= 15 is 0 Å². The molecule has 0 saturated carbocycles. The number of hydrogen-bond acceptors (Lipinski definition) is 4. The van der Waals surface area contributed by atoms with Crippen molar-refractivity contribution >= 4 is 17.2 Å². The number of carbonyl (C=O) groups is 1. The number of likely N-dealkylation sites (N-methyl/N-ethyl adjacent to an activating group) is 1. The van der Waals surface area contributed by atoms with E-state index in [1.54, 1.807) is 16.0 Å². The standard InChI is InChI=1S/C20H22N4OS/c1-23-11-5-9-16(23)13-21-20(25)17-14-24(15-7-3-2-4-8-15)22-19(17)18-10-6-12-26-18/h2-4,6-8,10,12,14,16H,5,9,11,13H2,1H3,(H,21,25)/t16-/m0/s1. The molecule has 6 heteroatoms. The number of carbonyl (C=O) groups excluding carboxylic acids is 1. The topological polar surface area (TPSA) is 50.2 Å². The summed E-state index contributed by atoms with van der Waals surface area (Å²) in [4.78, 5) is 16.2. The van der Waals surface area contributed by atoms with E-state index in [1.807, 2.05) is 54.0 Å². The number of aromatic nitrogens is 2. The fourth-order valence-corrected chi connectivity index (χ4v) is 4.11. The molecule has 1 fully saturated rings. The predicted molar refractivity (Wildman–Crippen MR) is 105 cm³/mol. The minimum absolute atomic E-state index is 0.0594. The second-order valence-electron chi connectivity index (χ2n) is 6.64. The molecule has 134 valence electrons. The van der Waals surface area contributed by atoms with Gasteiger partial charge in [0.15, 0.2) is 0 Å². The normalized spacial score (nSPS) is 17.5. The van der Waals surface area contributed by atoms with Gasteiger partial charge in [0.1, 0.15) is 5.69 Å². The first-order valence-electron chi connectivity index (χ1n) is 8.90. The number of thiophene rings is 1. The fraction of sp³-hybridized carbons (Fsp3) is 0.300. The Morgan fingerprint density at radius 2 is 2.12 bits per heavy atom. The molecule has 2 aromatic heterocycles. The first-order chi connectivity index (χ1) is 12.7. The average Bonchev–Trinajstić information content (AvgIpc) is 3.41. The van der Waals surface area contributed by atoms with Crippen LogP contribution in [0.15, 0.2) is 54.0 Å². The molecular weight excluding hydrogens is 344 g/mol. The number of benzene rings is 1. The molecule has 1 aliphatic rings. The van der Waals surface area contributed by atoms with Gasteiger partial charge in [-0.3, -0.25) is 4.79 Å². The van der Waals surface area contributed by atoms with Crippen LogP contribution in [0.3, 0.4) is 0 Å². The number of rotatable bonds is 5. The molecule has 3 heterocycles. The molecule has 26 heavy (non-hydrogen) atoms. The van der Waals surface area contributed by atoms with Gasteiger partial charge < -0.3 is 10.2 Å². The third-order valence-electron chi connectivity index (χ3n) is 4.90. The molecule has 1 amide bonds. The van der Waals surface area contributed by atoms with Crippen LogP contribution in [0.2, 0.25) is 0 Å². The molecule has 4 rings (SSSR count). The van der Waals surface area contributed by atoms with Crippen LogP contribution >= 0.6 is 11.3 Å². The summed E-state index contributed by atoms with van der Waals surface area (Å²) in [6.45, 7) is 1.78. The van der Waals surface area contributed by atoms with E-state index in [4.69, 9.17) is 5.10 Å². The average molecular weight is 366 g/mol. The van der Waals surface area contributed by atoms with Crippen LogP contribution in [0.4, 0.5) is 0 Å². The zero-order valence-corrected chi connectivity index (χ0v) is 15.6. The van der Waals surface area contributed by atoms with E-state index in [1.165, 1.54) is 6.42 Å². The summed E-state index contributed by atoms with van der Waals surface area (Å²) in [6.07, 6.45) is 4.17. The Hall–Kier alpha value is -2.44. The van der Waals surface area contributed by atoms with Crippen molar-refractivity contribution in [3.05, 3.63) is 59.6 Å². The molecule has 1 saturated heterocycles. The molecule has 0 spiro atoms. The van der Waals surface area contributed by atoms with E-state index in [2.05, 4.69) is 17.3 Å². The van der Waals surface area contributed by atoms with Crippen LogP contribution in [-0.2, 0) is 0 Å². The van der Waals surface area contributed by atoms with Gasteiger partial charge >= 0.3 is 0 Å². The van der Waals surface area contributed by atoms with Gasteiger partial charge in [0, 0.05) is 18.8 Å². The Bertz CT molecular complexity index is 873. The lowest BCUT2D eigenvalue weighted by molar-refractivity contribution is 0.0944. The van der Waals surface area contributed by atoms with Crippen molar-refractivity contribution in [2.45, 2.75) is 18.9 Å². The van der Waals surface area contributed by atoms with Crippen LogP contribution in [0.25, 0.3) is 16.3 Å². The van der Waals surface area contributed by atoms with Crippen molar-refractivity contribution in [1.29, 1.82) is 0 Å². The third kappa shape index (κ3) is 3.43. The van der Waals surface area contributed by atoms with Gasteiger partial charge in [-0.25, -0.2) is 4.68 Å². The second kappa shape index (κ2) is 7.43. The molecule has 0 radical (unpaired) electrons. The van der Waals surface area contributed by atoms with Gasteiger partial charge in [-0.1, -0.05) is 24.3 Å². The quantitative estimate of drug-likeness (QED) is 0.753. The van der Waals surface area contributed by atoms with E-state index in [0.717, 1.165) is 29.2 Å². The third-order valence-corrected chi connectivity index (χ3v) is 5.78. The maximum absolute atomic E-state index is 12.9. The van der Waals surface area contributed by atoms with Crippen molar-refractivity contribution in [3.8, 4) is 16.3 Å². The second-order valence-corrected chi connectivity index (χ2v) is 7.58. The summed E-state index contributed by atoms with van der Waals surface area (Å²) in [5.74, 6) is -0.0594.